The van der Waals surface area contributed by atoms with E-state index in [1.807, 2.05) is 19.9 Å². The van der Waals surface area contributed by atoms with Crippen molar-refractivity contribution in [2.45, 2.75) is 13.8 Å². The molecule has 0 aliphatic rings. The highest BCUT2D eigenvalue weighted by molar-refractivity contribution is 6.30. The molecule has 2 heterocycles. The van der Waals surface area contributed by atoms with Crippen LogP contribution >= 0.6 is 11.6 Å². The fourth-order valence-corrected chi connectivity index (χ4v) is 2.31. The lowest BCUT2D eigenvalue weighted by atomic mass is 10.2. The molecule has 0 spiro atoms. The number of carbonyl (C=O) groups excluding carboxylic acids is 1. The number of benzene rings is 1. The van der Waals surface area contributed by atoms with E-state index in [2.05, 4.69) is 20.4 Å². The second-order valence-electron chi connectivity index (χ2n) is 5.06. The summed E-state index contributed by atoms with van der Waals surface area (Å²) >= 11 is 5.82. The Bertz CT molecular complexity index is 857. The zero-order valence-electron chi connectivity index (χ0n) is 12.6. The number of hydrogen-bond donors (Lipinski definition) is 1. The van der Waals surface area contributed by atoms with Crippen molar-refractivity contribution >= 4 is 23.3 Å². The molecule has 0 radical (unpaired) electrons. The summed E-state index contributed by atoms with van der Waals surface area (Å²) in [4.78, 5) is 20.5. The molecule has 3 aromatic rings. The molecular formula is C16H14ClN5O. The Labute approximate surface area is 138 Å². The monoisotopic (exact) mass is 327 g/mol. The van der Waals surface area contributed by atoms with E-state index in [1.54, 1.807) is 35.0 Å². The summed E-state index contributed by atoms with van der Waals surface area (Å²) in [6.45, 7) is 3.85. The average molecular weight is 328 g/mol. The number of nitrogens with one attached hydrogen (secondary N) is 1. The van der Waals surface area contributed by atoms with Gasteiger partial charge in [-0.15, -0.1) is 0 Å². The normalized spacial score (nSPS) is 10.6. The van der Waals surface area contributed by atoms with Crippen LogP contribution in [-0.4, -0.2) is 25.7 Å². The first-order valence-corrected chi connectivity index (χ1v) is 7.33. The Balaban J connectivity index is 1.84. The van der Waals surface area contributed by atoms with Crippen LogP contribution in [0.25, 0.3) is 5.82 Å². The molecule has 3 rings (SSSR count). The summed E-state index contributed by atoms with van der Waals surface area (Å²) < 4.78 is 1.70. The summed E-state index contributed by atoms with van der Waals surface area (Å²) in [5, 5.41) is 7.69. The Morgan fingerprint density at radius 1 is 1.13 bits per heavy atom. The zero-order chi connectivity index (χ0) is 16.4. The van der Waals surface area contributed by atoms with E-state index < -0.39 is 0 Å². The molecule has 0 saturated heterocycles. The van der Waals surface area contributed by atoms with E-state index in [0.717, 1.165) is 11.4 Å². The highest BCUT2D eigenvalue weighted by atomic mass is 35.5. The smallest absolute Gasteiger partial charge is 0.256 e. The topological polar surface area (TPSA) is 72.7 Å². The highest BCUT2D eigenvalue weighted by Crippen LogP contribution is 2.14. The number of aryl methyl sites for hydroxylation is 2. The first-order chi connectivity index (χ1) is 11.0. The Hall–Kier alpha value is -2.73. The van der Waals surface area contributed by atoms with E-state index in [1.165, 1.54) is 6.33 Å². The summed E-state index contributed by atoms with van der Waals surface area (Å²) in [5.41, 5.74) is 2.35. The minimum absolute atomic E-state index is 0.264. The Morgan fingerprint density at radius 2 is 1.87 bits per heavy atom. The van der Waals surface area contributed by atoms with Gasteiger partial charge in [0.15, 0.2) is 5.82 Å². The van der Waals surface area contributed by atoms with Gasteiger partial charge in [-0.2, -0.15) is 5.10 Å². The second kappa shape index (κ2) is 6.18. The van der Waals surface area contributed by atoms with Crippen LogP contribution in [0.4, 0.5) is 5.82 Å². The van der Waals surface area contributed by atoms with E-state index in [0.29, 0.717) is 22.2 Å². The lowest BCUT2D eigenvalue weighted by Crippen LogP contribution is -2.14. The van der Waals surface area contributed by atoms with Crippen molar-refractivity contribution in [3.8, 4) is 5.82 Å². The Morgan fingerprint density at radius 3 is 2.52 bits per heavy atom. The maximum atomic E-state index is 12.2. The number of rotatable bonds is 3. The van der Waals surface area contributed by atoms with Gasteiger partial charge in [0.2, 0.25) is 0 Å². The third-order valence-corrected chi connectivity index (χ3v) is 3.48. The molecule has 0 bridgehead atoms. The van der Waals surface area contributed by atoms with Crippen molar-refractivity contribution < 1.29 is 4.79 Å². The number of carbonyl (C=O) groups is 1. The molecule has 0 unspecified atom stereocenters. The van der Waals surface area contributed by atoms with Gasteiger partial charge < -0.3 is 5.32 Å². The van der Waals surface area contributed by atoms with Crippen LogP contribution in [0, 0.1) is 13.8 Å². The van der Waals surface area contributed by atoms with Crippen molar-refractivity contribution in [2.75, 3.05) is 5.32 Å². The van der Waals surface area contributed by atoms with Crippen LogP contribution in [0.15, 0.2) is 42.7 Å². The standard InChI is InChI=1S/C16H14ClN5O/c1-10-7-11(2)22(21-10)15-8-14(18-9-19-15)20-16(23)12-3-5-13(17)6-4-12/h3-9H,1-2H3,(H,18,19,20,23). The van der Waals surface area contributed by atoms with Gasteiger partial charge in [-0.05, 0) is 44.2 Å². The molecule has 116 valence electrons. The minimum atomic E-state index is -0.264. The summed E-state index contributed by atoms with van der Waals surface area (Å²) in [5.74, 6) is 0.735. The lowest BCUT2D eigenvalue weighted by Gasteiger charge is -2.07. The molecular weight excluding hydrogens is 314 g/mol. The first kappa shape index (κ1) is 15.2. The van der Waals surface area contributed by atoms with Gasteiger partial charge in [-0.1, -0.05) is 11.6 Å². The van der Waals surface area contributed by atoms with Crippen LogP contribution in [0.1, 0.15) is 21.7 Å². The molecule has 2 aromatic heterocycles. The quantitative estimate of drug-likeness (QED) is 0.802. The minimum Gasteiger partial charge on any atom is -0.306 e. The van der Waals surface area contributed by atoms with Crippen LogP contribution in [0.5, 0.6) is 0 Å². The third kappa shape index (κ3) is 3.37. The number of anilines is 1. The fraction of sp³-hybridized carbons (Fsp3) is 0.125. The van der Waals surface area contributed by atoms with Crippen LogP contribution < -0.4 is 5.32 Å². The van der Waals surface area contributed by atoms with Gasteiger partial charge in [0.25, 0.3) is 5.91 Å². The number of halogens is 1. The molecule has 1 N–H and O–H groups in total. The van der Waals surface area contributed by atoms with E-state index in [-0.39, 0.29) is 5.91 Å². The summed E-state index contributed by atoms with van der Waals surface area (Å²) in [7, 11) is 0. The molecule has 23 heavy (non-hydrogen) atoms. The third-order valence-electron chi connectivity index (χ3n) is 3.23. The van der Waals surface area contributed by atoms with Gasteiger partial charge >= 0.3 is 0 Å². The maximum absolute atomic E-state index is 12.2. The number of hydrogen-bond acceptors (Lipinski definition) is 4. The van der Waals surface area contributed by atoms with Crippen molar-refractivity contribution in [3.05, 3.63) is 64.7 Å². The van der Waals surface area contributed by atoms with Crippen LogP contribution in [0.2, 0.25) is 5.02 Å². The fourth-order valence-electron chi connectivity index (χ4n) is 2.18. The number of aromatic nitrogens is 4. The number of amides is 1. The van der Waals surface area contributed by atoms with Crippen molar-refractivity contribution in [1.82, 2.24) is 19.7 Å². The molecule has 0 aliphatic heterocycles. The molecule has 0 fully saturated rings. The maximum Gasteiger partial charge on any atom is 0.256 e. The second-order valence-corrected chi connectivity index (χ2v) is 5.50. The Kier molecular flexibility index (Phi) is 4.08. The summed E-state index contributed by atoms with van der Waals surface area (Å²) in [6, 6.07) is 10.3. The SMILES string of the molecule is Cc1cc(C)n(-c2cc(NC(=O)c3ccc(Cl)cc3)ncn2)n1. The molecule has 1 aromatic carbocycles. The number of nitrogens with zero attached hydrogens (tertiary/aromatic N) is 4. The van der Waals surface area contributed by atoms with Gasteiger partial charge in [0.1, 0.15) is 12.1 Å². The van der Waals surface area contributed by atoms with Crippen molar-refractivity contribution in [3.63, 3.8) is 0 Å². The lowest BCUT2D eigenvalue weighted by molar-refractivity contribution is 0.102. The van der Waals surface area contributed by atoms with E-state index >= 15 is 0 Å². The largest absolute Gasteiger partial charge is 0.306 e. The predicted molar refractivity (Wildman–Crippen MR) is 88.0 cm³/mol. The zero-order valence-corrected chi connectivity index (χ0v) is 13.4. The van der Waals surface area contributed by atoms with Crippen molar-refractivity contribution in [1.29, 1.82) is 0 Å². The molecule has 0 aliphatic carbocycles. The van der Waals surface area contributed by atoms with E-state index in [9.17, 15) is 4.79 Å². The van der Waals surface area contributed by atoms with Gasteiger partial charge in [0.05, 0.1) is 5.69 Å². The van der Waals surface area contributed by atoms with Gasteiger partial charge in [0, 0.05) is 22.3 Å². The van der Waals surface area contributed by atoms with Crippen LogP contribution in [-0.2, 0) is 0 Å². The molecule has 7 heteroatoms. The molecule has 0 atom stereocenters. The van der Waals surface area contributed by atoms with Gasteiger partial charge in [-0.25, -0.2) is 14.6 Å². The molecule has 1 amide bonds. The molecule has 6 nitrogen and oxygen atoms in total. The van der Waals surface area contributed by atoms with E-state index in [4.69, 9.17) is 11.6 Å². The molecule has 0 saturated carbocycles. The first-order valence-electron chi connectivity index (χ1n) is 6.95. The average Bonchev–Trinajstić information content (AvgIpc) is 2.87. The van der Waals surface area contributed by atoms with Gasteiger partial charge in [-0.3, -0.25) is 4.79 Å². The summed E-state index contributed by atoms with van der Waals surface area (Å²) in [6.07, 6.45) is 1.39. The highest BCUT2D eigenvalue weighted by Gasteiger charge is 2.10. The van der Waals surface area contributed by atoms with Crippen LogP contribution in [0.3, 0.4) is 0 Å². The predicted octanol–water partition coefficient (Wildman–Crippen LogP) is 3.18. The van der Waals surface area contributed by atoms with Crippen molar-refractivity contribution in [2.24, 2.45) is 0 Å².